The molecule has 0 spiro atoms. The predicted octanol–water partition coefficient (Wildman–Crippen LogP) is 4.87. The number of hydrogen-bond donors (Lipinski definition) is 1. The summed E-state index contributed by atoms with van der Waals surface area (Å²) in [5.74, 6) is 0.719. The summed E-state index contributed by atoms with van der Waals surface area (Å²) in [5, 5.41) is 3.02. The van der Waals surface area contributed by atoms with Crippen LogP contribution in [0.4, 0.5) is 10.5 Å². The van der Waals surface area contributed by atoms with Crippen LogP contribution in [0.25, 0.3) is 0 Å². The quantitative estimate of drug-likeness (QED) is 0.725. The molecule has 1 heterocycles. The van der Waals surface area contributed by atoms with Gasteiger partial charge in [0.2, 0.25) is 0 Å². The van der Waals surface area contributed by atoms with Crippen molar-refractivity contribution in [1.82, 2.24) is 4.90 Å². The van der Waals surface area contributed by atoms with Crippen molar-refractivity contribution in [2.75, 3.05) is 19.0 Å². The van der Waals surface area contributed by atoms with Gasteiger partial charge >= 0.3 is 6.03 Å². The third-order valence-corrected chi connectivity index (χ3v) is 4.98. The van der Waals surface area contributed by atoms with Crippen LogP contribution in [0, 0.1) is 0 Å². The summed E-state index contributed by atoms with van der Waals surface area (Å²) in [5.41, 5.74) is 4.34. The van der Waals surface area contributed by atoms with Crippen LogP contribution in [0.1, 0.15) is 22.7 Å². The highest BCUT2D eigenvalue weighted by Crippen LogP contribution is 2.35. The van der Waals surface area contributed by atoms with Gasteiger partial charge in [0.25, 0.3) is 0 Å². The molecular weight excluding hydrogens is 336 g/mol. The third-order valence-electron chi connectivity index (χ3n) is 4.98. The average molecular weight is 358 g/mol. The predicted molar refractivity (Wildman–Crippen MR) is 107 cm³/mol. The molecule has 136 valence electrons. The fraction of sp³-hybridized carbons (Fsp3) is 0.174. The highest BCUT2D eigenvalue weighted by molar-refractivity contribution is 5.90. The van der Waals surface area contributed by atoms with Crippen LogP contribution in [0.3, 0.4) is 0 Å². The van der Waals surface area contributed by atoms with Gasteiger partial charge in [-0.15, -0.1) is 0 Å². The number of carbonyl (C=O) groups excluding carboxylic acids is 1. The molecule has 2 amide bonds. The number of fused-ring (bicyclic) bond motifs is 1. The monoisotopic (exact) mass is 358 g/mol. The first kappa shape index (κ1) is 17.2. The fourth-order valence-electron chi connectivity index (χ4n) is 3.68. The molecule has 0 radical (unpaired) electrons. The van der Waals surface area contributed by atoms with E-state index in [-0.39, 0.29) is 12.1 Å². The van der Waals surface area contributed by atoms with Gasteiger partial charge in [0.15, 0.2) is 0 Å². The van der Waals surface area contributed by atoms with Gasteiger partial charge in [-0.3, -0.25) is 0 Å². The van der Waals surface area contributed by atoms with Crippen molar-refractivity contribution < 1.29 is 9.53 Å². The van der Waals surface area contributed by atoms with E-state index in [2.05, 4.69) is 35.6 Å². The number of carbonyl (C=O) groups is 1. The van der Waals surface area contributed by atoms with E-state index in [4.69, 9.17) is 4.74 Å². The molecule has 0 fully saturated rings. The standard InChI is InChI=1S/C23H22N2O2/c1-27-20-12-7-11-19(16-20)24-23(26)25-15-14-17-8-5-6-13-21(17)22(25)18-9-3-2-4-10-18/h2-13,16,22H,14-15H2,1H3,(H,24,26)/t22-/m0/s1. The highest BCUT2D eigenvalue weighted by Gasteiger charge is 2.31. The summed E-state index contributed by atoms with van der Waals surface area (Å²) in [6.07, 6.45) is 0.852. The molecule has 3 aromatic carbocycles. The number of anilines is 1. The maximum absolute atomic E-state index is 13.1. The van der Waals surface area contributed by atoms with Gasteiger partial charge in [-0.2, -0.15) is 0 Å². The van der Waals surface area contributed by atoms with Gasteiger partial charge in [-0.1, -0.05) is 60.7 Å². The van der Waals surface area contributed by atoms with Crippen molar-refractivity contribution in [1.29, 1.82) is 0 Å². The Morgan fingerprint density at radius 1 is 1.00 bits per heavy atom. The van der Waals surface area contributed by atoms with Gasteiger partial charge in [0.05, 0.1) is 13.2 Å². The van der Waals surface area contributed by atoms with E-state index in [0.717, 1.165) is 23.4 Å². The van der Waals surface area contributed by atoms with E-state index in [9.17, 15) is 4.79 Å². The minimum Gasteiger partial charge on any atom is -0.497 e. The lowest BCUT2D eigenvalue weighted by atomic mass is 9.88. The van der Waals surface area contributed by atoms with Crippen molar-refractivity contribution in [2.24, 2.45) is 0 Å². The van der Waals surface area contributed by atoms with Crippen LogP contribution in [-0.2, 0) is 6.42 Å². The van der Waals surface area contributed by atoms with Crippen molar-refractivity contribution in [2.45, 2.75) is 12.5 Å². The van der Waals surface area contributed by atoms with Crippen LogP contribution < -0.4 is 10.1 Å². The number of ether oxygens (including phenoxy) is 1. The molecule has 4 heteroatoms. The molecule has 0 saturated carbocycles. The molecule has 0 aromatic heterocycles. The molecule has 0 saturated heterocycles. The maximum atomic E-state index is 13.1. The lowest BCUT2D eigenvalue weighted by Gasteiger charge is -2.37. The van der Waals surface area contributed by atoms with Crippen LogP contribution in [0.5, 0.6) is 5.75 Å². The Bertz CT molecular complexity index is 940. The van der Waals surface area contributed by atoms with Crippen molar-refractivity contribution in [3.63, 3.8) is 0 Å². The number of hydrogen-bond acceptors (Lipinski definition) is 2. The molecule has 3 aromatic rings. The van der Waals surface area contributed by atoms with E-state index in [1.165, 1.54) is 11.1 Å². The first-order chi connectivity index (χ1) is 13.3. The van der Waals surface area contributed by atoms with Crippen molar-refractivity contribution in [3.8, 4) is 5.75 Å². The number of nitrogens with zero attached hydrogens (tertiary/aromatic N) is 1. The Kier molecular flexibility index (Phi) is 4.79. The van der Waals surface area contributed by atoms with Crippen LogP contribution in [-0.4, -0.2) is 24.6 Å². The highest BCUT2D eigenvalue weighted by atomic mass is 16.5. The number of benzene rings is 3. The van der Waals surface area contributed by atoms with Crippen molar-refractivity contribution >= 4 is 11.7 Å². The molecular formula is C23H22N2O2. The number of amides is 2. The summed E-state index contributed by atoms with van der Waals surface area (Å²) in [7, 11) is 1.62. The fourth-order valence-corrected chi connectivity index (χ4v) is 3.68. The molecule has 1 aliphatic heterocycles. The zero-order valence-electron chi connectivity index (χ0n) is 15.3. The van der Waals surface area contributed by atoms with Gasteiger partial charge < -0.3 is 15.0 Å². The Labute approximate surface area is 159 Å². The van der Waals surface area contributed by atoms with Gasteiger partial charge in [-0.25, -0.2) is 4.79 Å². The van der Waals surface area contributed by atoms with Gasteiger partial charge in [0.1, 0.15) is 5.75 Å². The lowest BCUT2D eigenvalue weighted by molar-refractivity contribution is 0.194. The van der Waals surface area contributed by atoms with Crippen LogP contribution in [0.2, 0.25) is 0 Å². The zero-order valence-corrected chi connectivity index (χ0v) is 15.3. The first-order valence-corrected chi connectivity index (χ1v) is 9.10. The Morgan fingerprint density at radius 2 is 1.78 bits per heavy atom. The molecule has 1 N–H and O–H groups in total. The molecule has 27 heavy (non-hydrogen) atoms. The maximum Gasteiger partial charge on any atom is 0.322 e. The number of methoxy groups -OCH3 is 1. The first-order valence-electron chi connectivity index (χ1n) is 9.10. The zero-order chi connectivity index (χ0) is 18.6. The lowest BCUT2D eigenvalue weighted by Crippen LogP contribution is -2.43. The Morgan fingerprint density at radius 3 is 2.59 bits per heavy atom. The second kappa shape index (κ2) is 7.54. The Balaban J connectivity index is 1.67. The van der Waals surface area contributed by atoms with Crippen molar-refractivity contribution in [3.05, 3.63) is 95.6 Å². The number of rotatable bonds is 3. The summed E-state index contributed by atoms with van der Waals surface area (Å²) < 4.78 is 5.25. The van der Waals surface area contributed by atoms with Crippen LogP contribution >= 0.6 is 0 Å². The van der Waals surface area contributed by atoms with Crippen LogP contribution in [0.15, 0.2) is 78.9 Å². The summed E-state index contributed by atoms with van der Waals surface area (Å²) >= 11 is 0. The summed E-state index contributed by atoms with van der Waals surface area (Å²) in [6, 6.07) is 25.8. The summed E-state index contributed by atoms with van der Waals surface area (Å²) in [4.78, 5) is 15.0. The molecule has 0 aliphatic carbocycles. The molecule has 0 unspecified atom stereocenters. The molecule has 1 atom stereocenters. The molecule has 4 nitrogen and oxygen atoms in total. The molecule has 4 rings (SSSR count). The van der Waals surface area contributed by atoms with Gasteiger partial charge in [-0.05, 0) is 35.2 Å². The largest absolute Gasteiger partial charge is 0.497 e. The SMILES string of the molecule is COc1cccc(NC(=O)N2CCc3ccccc3[C@@H]2c2ccccc2)c1. The molecule has 1 aliphatic rings. The summed E-state index contributed by atoms with van der Waals surface area (Å²) in [6.45, 7) is 0.673. The van der Waals surface area contributed by atoms with E-state index in [0.29, 0.717) is 6.54 Å². The van der Waals surface area contributed by atoms with Gasteiger partial charge in [0, 0.05) is 18.3 Å². The minimum atomic E-state index is -0.105. The topological polar surface area (TPSA) is 41.6 Å². The van der Waals surface area contributed by atoms with E-state index >= 15 is 0 Å². The second-order valence-corrected chi connectivity index (χ2v) is 6.62. The Hall–Kier alpha value is -3.27. The van der Waals surface area contributed by atoms with E-state index in [1.807, 2.05) is 53.4 Å². The van der Waals surface area contributed by atoms with E-state index < -0.39 is 0 Å². The molecule has 0 bridgehead atoms. The van der Waals surface area contributed by atoms with E-state index in [1.54, 1.807) is 7.11 Å². The second-order valence-electron chi connectivity index (χ2n) is 6.62. The smallest absolute Gasteiger partial charge is 0.322 e. The average Bonchev–Trinajstić information content (AvgIpc) is 2.73. The normalized spacial score (nSPS) is 15.7. The third kappa shape index (κ3) is 3.51. The number of urea groups is 1. The minimum absolute atomic E-state index is 0.0956. The number of nitrogens with one attached hydrogen (secondary N) is 1.